The SMILES string of the molecule is CCCc1nc(CCOCCOC)sc1C(=O)O. The van der Waals surface area contributed by atoms with E-state index in [1.807, 2.05) is 6.92 Å². The maximum absolute atomic E-state index is 11.0. The molecule has 0 bridgehead atoms. The molecule has 1 rings (SSSR count). The van der Waals surface area contributed by atoms with Gasteiger partial charge in [-0.05, 0) is 6.42 Å². The van der Waals surface area contributed by atoms with Gasteiger partial charge in [-0.3, -0.25) is 0 Å². The van der Waals surface area contributed by atoms with Crippen LogP contribution in [0, 0.1) is 0 Å². The normalized spacial score (nSPS) is 10.8. The number of carbonyl (C=O) groups is 1. The van der Waals surface area contributed by atoms with E-state index in [2.05, 4.69) is 4.98 Å². The summed E-state index contributed by atoms with van der Waals surface area (Å²) in [5, 5.41) is 9.90. The maximum Gasteiger partial charge on any atom is 0.347 e. The van der Waals surface area contributed by atoms with Gasteiger partial charge in [-0.1, -0.05) is 13.3 Å². The Kier molecular flexibility index (Phi) is 6.85. The lowest BCUT2D eigenvalue weighted by molar-refractivity contribution is 0.0700. The molecule has 0 saturated heterocycles. The molecule has 0 radical (unpaired) electrons. The molecule has 0 amide bonds. The Morgan fingerprint density at radius 3 is 2.72 bits per heavy atom. The highest BCUT2D eigenvalue weighted by atomic mass is 32.1. The Hall–Kier alpha value is -0.980. The van der Waals surface area contributed by atoms with Crippen molar-refractivity contribution >= 4 is 17.3 Å². The average Bonchev–Trinajstić information content (AvgIpc) is 2.73. The van der Waals surface area contributed by atoms with Crippen molar-refractivity contribution in [3.63, 3.8) is 0 Å². The lowest BCUT2D eigenvalue weighted by Gasteiger charge is -2.00. The summed E-state index contributed by atoms with van der Waals surface area (Å²) in [6.07, 6.45) is 2.26. The van der Waals surface area contributed by atoms with Crippen molar-refractivity contribution < 1.29 is 19.4 Å². The molecule has 18 heavy (non-hydrogen) atoms. The van der Waals surface area contributed by atoms with Crippen LogP contribution >= 0.6 is 11.3 Å². The Labute approximate surface area is 111 Å². The number of methoxy groups -OCH3 is 1. The van der Waals surface area contributed by atoms with Gasteiger partial charge in [0.1, 0.15) is 4.88 Å². The standard InChI is InChI=1S/C12H19NO4S/c1-3-4-9-11(12(14)15)18-10(13-9)5-6-17-8-7-16-2/h3-8H2,1-2H3,(H,14,15). The first-order valence-corrected chi connectivity index (χ1v) is 6.79. The summed E-state index contributed by atoms with van der Waals surface area (Å²) >= 11 is 1.25. The monoisotopic (exact) mass is 273 g/mol. The number of carboxylic acid groups (broad SMARTS) is 1. The molecule has 1 heterocycles. The van der Waals surface area contributed by atoms with Crippen molar-refractivity contribution in [3.8, 4) is 0 Å². The number of aromatic nitrogens is 1. The lowest BCUT2D eigenvalue weighted by Crippen LogP contribution is -2.04. The average molecular weight is 273 g/mol. The van der Waals surface area contributed by atoms with Gasteiger partial charge in [0.2, 0.25) is 0 Å². The van der Waals surface area contributed by atoms with E-state index in [9.17, 15) is 4.79 Å². The Morgan fingerprint density at radius 2 is 2.11 bits per heavy atom. The Morgan fingerprint density at radius 1 is 1.33 bits per heavy atom. The minimum Gasteiger partial charge on any atom is -0.477 e. The predicted octanol–water partition coefficient (Wildman–Crippen LogP) is 2.00. The van der Waals surface area contributed by atoms with E-state index in [0.29, 0.717) is 43.2 Å². The van der Waals surface area contributed by atoms with Crippen LogP contribution < -0.4 is 0 Å². The largest absolute Gasteiger partial charge is 0.477 e. The van der Waals surface area contributed by atoms with Crippen LogP contribution in [0.2, 0.25) is 0 Å². The number of rotatable bonds is 9. The molecule has 6 heteroatoms. The highest BCUT2D eigenvalue weighted by Gasteiger charge is 2.16. The number of hydrogen-bond acceptors (Lipinski definition) is 5. The van der Waals surface area contributed by atoms with Crippen LogP contribution in [0.4, 0.5) is 0 Å². The molecule has 1 aromatic heterocycles. The third-order valence-corrected chi connectivity index (χ3v) is 3.46. The van der Waals surface area contributed by atoms with Gasteiger partial charge < -0.3 is 14.6 Å². The van der Waals surface area contributed by atoms with Crippen molar-refractivity contribution in [1.29, 1.82) is 0 Å². The van der Waals surface area contributed by atoms with Gasteiger partial charge >= 0.3 is 5.97 Å². The van der Waals surface area contributed by atoms with E-state index in [4.69, 9.17) is 14.6 Å². The molecular formula is C12H19NO4S. The van der Waals surface area contributed by atoms with Gasteiger partial charge in [-0.25, -0.2) is 9.78 Å². The van der Waals surface area contributed by atoms with Crippen LogP contribution in [0.5, 0.6) is 0 Å². The fourth-order valence-corrected chi connectivity index (χ4v) is 2.41. The van der Waals surface area contributed by atoms with E-state index >= 15 is 0 Å². The zero-order valence-corrected chi connectivity index (χ0v) is 11.6. The molecular weight excluding hydrogens is 254 g/mol. The van der Waals surface area contributed by atoms with E-state index in [1.54, 1.807) is 7.11 Å². The lowest BCUT2D eigenvalue weighted by atomic mass is 10.2. The Balaban J connectivity index is 2.50. The zero-order chi connectivity index (χ0) is 13.4. The van der Waals surface area contributed by atoms with Crippen LogP contribution in [-0.2, 0) is 22.3 Å². The summed E-state index contributed by atoms with van der Waals surface area (Å²) in [5.41, 5.74) is 0.696. The molecule has 1 N–H and O–H groups in total. The zero-order valence-electron chi connectivity index (χ0n) is 10.8. The molecule has 0 unspecified atom stereocenters. The van der Waals surface area contributed by atoms with Crippen molar-refractivity contribution in [2.45, 2.75) is 26.2 Å². The number of nitrogens with zero attached hydrogens (tertiary/aromatic N) is 1. The van der Waals surface area contributed by atoms with Crippen molar-refractivity contribution in [2.24, 2.45) is 0 Å². The summed E-state index contributed by atoms with van der Waals surface area (Å²) in [6.45, 7) is 3.68. The molecule has 0 aliphatic heterocycles. The molecule has 5 nitrogen and oxygen atoms in total. The number of aromatic carboxylic acids is 1. The third-order valence-electron chi connectivity index (χ3n) is 2.31. The minimum absolute atomic E-state index is 0.365. The van der Waals surface area contributed by atoms with Gasteiger partial charge in [0.25, 0.3) is 0 Å². The van der Waals surface area contributed by atoms with E-state index in [0.717, 1.165) is 11.4 Å². The molecule has 0 aliphatic carbocycles. The van der Waals surface area contributed by atoms with Gasteiger partial charge in [0.05, 0.1) is 30.5 Å². The molecule has 0 saturated carbocycles. The maximum atomic E-state index is 11.0. The molecule has 0 fully saturated rings. The fraction of sp³-hybridized carbons (Fsp3) is 0.667. The minimum atomic E-state index is -0.887. The van der Waals surface area contributed by atoms with E-state index in [-0.39, 0.29) is 0 Å². The quantitative estimate of drug-likeness (QED) is 0.697. The summed E-state index contributed by atoms with van der Waals surface area (Å²) < 4.78 is 10.2. The van der Waals surface area contributed by atoms with Crippen molar-refractivity contribution in [3.05, 3.63) is 15.6 Å². The van der Waals surface area contributed by atoms with Crippen LogP contribution in [0.15, 0.2) is 0 Å². The number of ether oxygens (including phenoxy) is 2. The number of aryl methyl sites for hydroxylation is 1. The fourth-order valence-electron chi connectivity index (χ4n) is 1.48. The summed E-state index contributed by atoms with van der Waals surface area (Å²) in [4.78, 5) is 15.8. The summed E-state index contributed by atoms with van der Waals surface area (Å²) in [5.74, 6) is -0.887. The molecule has 1 aromatic rings. The second-order valence-electron chi connectivity index (χ2n) is 3.79. The first kappa shape index (κ1) is 15.1. The highest BCUT2D eigenvalue weighted by Crippen LogP contribution is 2.20. The smallest absolute Gasteiger partial charge is 0.347 e. The van der Waals surface area contributed by atoms with E-state index in [1.165, 1.54) is 11.3 Å². The number of carboxylic acids is 1. The van der Waals surface area contributed by atoms with Crippen LogP contribution in [0.1, 0.15) is 33.7 Å². The Bertz CT molecular complexity index is 378. The van der Waals surface area contributed by atoms with Crippen LogP contribution in [0.3, 0.4) is 0 Å². The summed E-state index contributed by atoms with van der Waals surface area (Å²) in [7, 11) is 1.63. The second kappa shape index (κ2) is 8.18. The molecule has 0 spiro atoms. The first-order chi connectivity index (χ1) is 8.69. The van der Waals surface area contributed by atoms with E-state index < -0.39 is 5.97 Å². The van der Waals surface area contributed by atoms with Gasteiger partial charge in [0, 0.05) is 13.5 Å². The van der Waals surface area contributed by atoms with Gasteiger partial charge in [-0.2, -0.15) is 0 Å². The molecule has 0 aliphatic rings. The second-order valence-corrected chi connectivity index (χ2v) is 4.88. The number of thiazole rings is 1. The topological polar surface area (TPSA) is 68.7 Å². The van der Waals surface area contributed by atoms with Crippen molar-refractivity contribution in [2.75, 3.05) is 26.9 Å². The number of hydrogen-bond donors (Lipinski definition) is 1. The molecule has 102 valence electrons. The first-order valence-electron chi connectivity index (χ1n) is 5.97. The van der Waals surface area contributed by atoms with Gasteiger partial charge in [-0.15, -0.1) is 11.3 Å². The molecule has 0 atom stereocenters. The van der Waals surface area contributed by atoms with Gasteiger partial charge in [0.15, 0.2) is 0 Å². The van der Waals surface area contributed by atoms with Crippen molar-refractivity contribution in [1.82, 2.24) is 4.98 Å². The van der Waals surface area contributed by atoms with Crippen LogP contribution in [0.25, 0.3) is 0 Å². The summed E-state index contributed by atoms with van der Waals surface area (Å²) in [6, 6.07) is 0. The molecule has 0 aromatic carbocycles. The third kappa shape index (κ3) is 4.72. The predicted molar refractivity (Wildman–Crippen MR) is 69.5 cm³/mol. The highest BCUT2D eigenvalue weighted by molar-refractivity contribution is 7.13. The van der Waals surface area contributed by atoms with Crippen LogP contribution in [-0.4, -0.2) is 43.0 Å².